The van der Waals surface area contributed by atoms with Gasteiger partial charge in [0.1, 0.15) is 5.60 Å². The van der Waals surface area contributed by atoms with Gasteiger partial charge in [-0.3, -0.25) is 9.32 Å². The highest BCUT2D eigenvalue weighted by molar-refractivity contribution is 7.66. The standard InChI is InChI=1S/C11H18FN2O15P3/c1-5-2-14(9(17)13-6(5)15)8-11(12)7(16)10(27-8,3-25-11)4-26-31(21,22)29-32(23,24)28-30(18,19)20/h2,7-9,16-17H,3-4H2,1H3,(H,13,15)(H,21,22)(H,23,24)(H2,18,19,20)/t7-,8-,9?,10-,11-/m1/s1. The number of hydrogen-bond donors (Lipinski definition) is 7. The van der Waals surface area contributed by atoms with E-state index in [2.05, 4.69) is 18.5 Å². The predicted octanol–water partition coefficient (Wildman–Crippen LogP) is -1.91. The van der Waals surface area contributed by atoms with E-state index in [9.17, 15) is 33.6 Å². The molecule has 3 heterocycles. The SMILES string of the molecule is CC1=CN([C@@H]2O[C@@]3(COP(=O)(O)OP(=O)(O)OP(=O)(O)O)CO[C@]2(F)[C@@H]3O)C(O)NC1=O. The van der Waals surface area contributed by atoms with E-state index in [1.165, 1.54) is 6.92 Å². The Bertz CT molecular complexity index is 972. The normalized spacial score (nSPS) is 38.8. The molecule has 2 saturated heterocycles. The maximum Gasteiger partial charge on any atom is 0.490 e. The lowest BCUT2D eigenvalue weighted by atomic mass is 9.99. The number of ether oxygens (including phenoxy) is 2. The number of phosphoric ester groups is 1. The zero-order valence-corrected chi connectivity index (χ0v) is 18.4. The Balaban J connectivity index is 1.75. The van der Waals surface area contributed by atoms with E-state index < -0.39 is 72.7 Å². The zero-order valence-electron chi connectivity index (χ0n) is 15.7. The van der Waals surface area contributed by atoms with Gasteiger partial charge in [-0.25, -0.2) is 18.1 Å². The number of fused-ring (bicyclic) bond motifs is 2. The average Bonchev–Trinajstić information content (AvgIpc) is 2.97. The summed E-state index contributed by atoms with van der Waals surface area (Å²) >= 11 is 0. The van der Waals surface area contributed by atoms with E-state index in [1.54, 1.807) is 0 Å². The number of aliphatic hydroxyl groups is 2. The number of carbonyl (C=O) groups is 1. The van der Waals surface area contributed by atoms with Crippen LogP contribution in [0.3, 0.4) is 0 Å². The Morgan fingerprint density at radius 3 is 2.44 bits per heavy atom. The number of carbonyl (C=O) groups excluding carboxylic acids is 1. The molecule has 3 rings (SSSR count). The smallest absolute Gasteiger partial charge is 0.384 e. The minimum Gasteiger partial charge on any atom is -0.384 e. The number of nitrogens with zero attached hydrogens (tertiary/aromatic N) is 1. The molecule has 32 heavy (non-hydrogen) atoms. The van der Waals surface area contributed by atoms with Gasteiger partial charge in [-0.15, -0.1) is 0 Å². The van der Waals surface area contributed by atoms with Crippen LogP contribution in [0.2, 0.25) is 0 Å². The van der Waals surface area contributed by atoms with Crippen molar-refractivity contribution in [3.8, 4) is 0 Å². The Morgan fingerprint density at radius 2 is 1.84 bits per heavy atom. The first-order chi connectivity index (χ1) is 14.4. The van der Waals surface area contributed by atoms with Crippen LogP contribution in [0.25, 0.3) is 0 Å². The molecule has 0 aliphatic carbocycles. The summed E-state index contributed by atoms with van der Waals surface area (Å²) in [6.07, 6.45) is -4.86. The quantitative estimate of drug-likeness (QED) is 0.169. The Morgan fingerprint density at radius 1 is 1.22 bits per heavy atom. The summed E-state index contributed by atoms with van der Waals surface area (Å²) in [6.45, 7) is -0.621. The summed E-state index contributed by atoms with van der Waals surface area (Å²) in [7, 11) is -17.0. The second-order valence-electron chi connectivity index (χ2n) is 6.89. The highest BCUT2D eigenvalue weighted by Crippen LogP contribution is 2.66. The molecule has 0 spiro atoms. The van der Waals surface area contributed by atoms with Gasteiger partial charge in [0.05, 0.1) is 13.2 Å². The largest absolute Gasteiger partial charge is 0.490 e. The van der Waals surface area contributed by atoms with Gasteiger partial charge >= 0.3 is 23.5 Å². The summed E-state index contributed by atoms with van der Waals surface area (Å²) in [5.74, 6) is -3.69. The van der Waals surface area contributed by atoms with Gasteiger partial charge in [-0.1, -0.05) is 0 Å². The number of alkyl halides is 1. The van der Waals surface area contributed by atoms with Crippen LogP contribution < -0.4 is 5.32 Å². The molecule has 3 aliphatic rings. The Labute approximate surface area is 177 Å². The number of rotatable bonds is 8. The second kappa shape index (κ2) is 8.15. The van der Waals surface area contributed by atoms with E-state index in [1.807, 2.05) is 0 Å². The molecular formula is C11H18FN2O15P3. The first-order valence-corrected chi connectivity index (χ1v) is 12.8. The van der Waals surface area contributed by atoms with Crippen molar-refractivity contribution in [1.29, 1.82) is 0 Å². The number of halogens is 1. The van der Waals surface area contributed by atoms with Crippen molar-refractivity contribution in [3.63, 3.8) is 0 Å². The fourth-order valence-electron chi connectivity index (χ4n) is 3.12. The number of amides is 1. The number of phosphoric acid groups is 3. The molecule has 0 radical (unpaired) electrons. The van der Waals surface area contributed by atoms with Crippen LogP contribution in [0.5, 0.6) is 0 Å². The molecule has 3 unspecified atom stereocenters. The summed E-state index contributed by atoms with van der Waals surface area (Å²) in [4.78, 5) is 48.1. The van der Waals surface area contributed by atoms with Crippen LogP contribution in [0.1, 0.15) is 6.92 Å². The van der Waals surface area contributed by atoms with Crippen molar-refractivity contribution in [3.05, 3.63) is 11.8 Å². The highest BCUT2D eigenvalue weighted by Gasteiger charge is 2.74. The van der Waals surface area contributed by atoms with Gasteiger partial charge in [-0.2, -0.15) is 8.62 Å². The molecule has 7 N–H and O–H groups in total. The lowest BCUT2D eigenvalue weighted by Crippen LogP contribution is -2.60. The molecule has 2 bridgehead atoms. The summed E-state index contributed by atoms with van der Waals surface area (Å²) in [6, 6.07) is 0. The van der Waals surface area contributed by atoms with E-state index >= 15 is 4.39 Å². The molecule has 2 fully saturated rings. The van der Waals surface area contributed by atoms with Gasteiger partial charge in [0.2, 0.25) is 6.35 Å². The maximum absolute atomic E-state index is 15.3. The summed E-state index contributed by atoms with van der Waals surface area (Å²) < 4.78 is 71.1. The third-order valence-corrected chi connectivity index (χ3v) is 8.28. The fraction of sp³-hybridized carbons (Fsp3) is 0.727. The molecule has 0 aromatic heterocycles. The summed E-state index contributed by atoms with van der Waals surface area (Å²) in [5, 5.41) is 22.4. The number of aliphatic hydroxyl groups excluding tert-OH is 2. The molecule has 7 atom stereocenters. The summed E-state index contributed by atoms with van der Waals surface area (Å²) in [5.41, 5.74) is -2.17. The highest BCUT2D eigenvalue weighted by atomic mass is 31.3. The topological polar surface area (TPSA) is 251 Å². The molecule has 0 aromatic carbocycles. The van der Waals surface area contributed by atoms with Crippen molar-refractivity contribution in [2.24, 2.45) is 0 Å². The minimum absolute atomic E-state index is 0.0297. The average molecular weight is 530 g/mol. The molecule has 1 amide bonds. The van der Waals surface area contributed by atoms with Gasteiger partial charge in [0, 0.05) is 11.8 Å². The van der Waals surface area contributed by atoms with Crippen molar-refractivity contribution in [1.82, 2.24) is 10.2 Å². The van der Waals surface area contributed by atoms with Gasteiger partial charge in [0.15, 0.2) is 12.3 Å². The van der Waals surface area contributed by atoms with Crippen LogP contribution >= 0.6 is 23.5 Å². The minimum atomic E-state index is -5.80. The first-order valence-electron chi connectivity index (χ1n) is 8.32. The number of nitrogens with one attached hydrogen (secondary N) is 1. The van der Waals surface area contributed by atoms with E-state index in [0.717, 1.165) is 11.1 Å². The van der Waals surface area contributed by atoms with Gasteiger partial charge < -0.3 is 49.5 Å². The Hall–Kier alpha value is -0.810. The third-order valence-electron chi connectivity index (χ3n) is 4.49. The van der Waals surface area contributed by atoms with Gasteiger partial charge in [0.25, 0.3) is 11.8 Å². The monoisotopic (exact) mass is 530 g/mol. The Kier molecular flexibility index (Phi) is 6.57. The molecule has 0 aromatic rings. The molecule has 17 nitrogen and oxygen atoms in total. The zero-order chi connectivity index (χ0) is 24.3. The maximum atomic E-state index is 15.3. The molecule has 21 heteroatoms. The molecule has 184 valence electrons. The van der Waals surface area contributed by atoms with Gasteiger partial charge in [-0.05, 0) is 6.92 Å². The molecule has 3 aliphatic heterocycles. The van der Waals surface area contributed by atoms with Crippen LogP contribution in [-0.2, 0) is 41.1 Å². The van der Waals surface area contributed by atoms with Crippen molar-refractivity contribution in [2.45, 2.75) is 37.1 Å². The number of hydrogen-bond acceptors (Lipinski definition) is 12. The molecule has 0 saturated carbocycles. The fourth-order valence-corrected chi connectivity index (χ4v) is 6.20. The third kappa shape index (κ3) is 4.99. The van der Waals surface area contributed by atoms with Crippen LogP contribution in [0, 0.1) is 0 Å². The van der Waals surface area contributed by atoms with Crippen molar-refractivity contribution < 1.29 is 75.3 Å². The van der Waals surface area contributed by atoms with E-state index in [0.29, 0.717) is 0 Å². The predicted molar refractivity (Wildman–Crippen MR) is 93.0 cm³/mol. The first kappa shape index (κ1) is 25.8. The lowest BCUT2D eigenvalue weighted by molar-refractivity contribution is -0.286. The van der Waals surface area contributed by atoms with Crippen LogP contribution in [0.4, 0.5) is 4.39 Å². The lowest BCUT2D eigenvalue weighted by Gasteiger charge is -2.41. The van der Waals surface area contributed by atoms with Crippen LogP contribution in [-0.4, -0.2) is 83.9 Å². The van der Waals surface area contributed by atoms with E-state index in [-0.39, 0.29) is 5.57 Å². The second-order valence-corrected chi connectivity index (χ2v) is 11.3. The van der Waals surface area contributed by atoms with E-state index in [4.69, 9.17) is 24.2 Å². The van der Waals surface area contributed by atoms with Crippen molar-refractivity contribution in [2.75, 3.05) is 13.2 Å². The van der Waals surface area contributed by atoms with Crippen molar-refractivity contribution >= 4 is 29.4 Å². The van der Waals surface area contributed by atoms with Crippen LogP contribution in [0.15, 0.2) is 11.8 Å². The molecular weight excluding hydrogens is 512 g/mol.